The smallest absolute Gasteiger partial charge is 0.309 e. The third-order valence-corrected chi connectivity index (χ3v) is 4.98. The number of aliphatic carboxylic acids is 1. The van der Waals surface area contributed by atoms with Gasteiger partial charge in [0.2, 0.25) is 5.91 Å². The van der Waals surface area contributed by atoms with Crippen LogP contribution in [0.1, 0.15) is 40.5 Å². The SMILES string of the molecule is CO[C@H](C)CNC(=O)[C@@H]1CC[C@@](C)(C(=O)O)C1(C)C. The lowest BCUT2D eigenvalue weighted by atomic mass is 9.65. The third kappa shape index (κ3) is 2.76. The summed E-state index contributed by atoms with van der Waals surface area (Å²) in [5.74, 6) is -1.16. The number of carbonyl (C=O) groups is 2. The molecule has 110 valence electrons. The van der Waals surface area contributed by atoms with Gasteiger partial charge in [-0.25, -0.2) is 0 Å². The van der Waals surface area contributed by atoms with Crippen LogP contribution >= 0.6 is 0 Å². The molecule has 0 aromatic rings. The minimum atomic E-state index is -0.845. The van der Waals surface area contributed by atoms with Gasteiger partial charge in [-0.1, -0.05) is 13.8 Å². The highest BCUT2D eigenvalue weighted by atomic mass is 16.5. The molecule has 1 fully saturated rings. The molecule has 5 nitrogen and oxygen atoms in total. The lowest BCUT2D eigenvalue weighted by molar-refractivity contribution is -0.155. The van der Waals surface area contributed by atoms with E-state index >= 15 is 0 Å². The Morgan fingerprint density at radius 3 is 2.42 bits per heavy atom. The number of carboxylic acid groups (broad SMARTS) is 1. The minimum absolute atomic E-state index is 0.0423. The van der Waals surface area contributed by atoms with E-state index in [1.807, 2.05) is 20.8 Å². The summed E-state index contributed by atoms with van der Waals surface area (Å²) in [6.45, 7) is 7.81. The van der Waals surface area contributed by atoms with E-state index < -0.39 is 16.8 Å². The Bertz CT molecular complexity index is 366. The molecule has 0 aromatic heterocycles. The Morgan fingerprint density at radius 1 is 1.42 bits per heavy atom. The Balaban J connectivity index is 2.76. The van der Waals surface area contributed by atoms with Crippen molar-refractivity contribution in [1.82, 2.24) is 5.32 Å². The molecule has 0 bridgehead atoms. The van der Waals surface area contributed by atoms with Crippen molar-refractivity contribution in [2.45, 2.75) is 46.6 Å². The second-order valence-corrected chi connectivity index (χ2v) is 6.24. The lowest BCUT2D eigenvalue weighted by Gasteiger charge is -2.37. The van der Waals surface area contributed by atoms with Crippen LogP contribution in [0.2, 0.25) is 0 Å². The quantitative estimate of drug-likeness (QED) is 0.797. The summed E-state index contributed by atoms with van der Waals surface area (Å²) < 4.78 is 5.09. The van der Waals surface area contributed by atoms with E-state index in [-0.39, 0.29) is 17.9 Å². The first kappa shape index (κ1) is 16.0. The summed E-state index contributed by atoms with van der Waals surface area (Å²) in [5.41, 5.74) is -1.40. The number of hydrogen-bond donors (Lipinski definition) is 2. The van der Waals surface area contributed by atoms with Crippen LogP contribution < -0.4 is 5.32 Å². The van der Waals surface area contributed by atoms with Crippen LogP contribution in [-0.4, -0.2) is 36.7 Å². The maximum atomic E-state index is 12.2. The predicted octanol–water partition coefficient (Wildman–Crippen LogP) is 1.66. The van der Waals surface area contributed by atoms with Crippen molar-refractivity contribution >= 4 is 11.9 Å². The average Bonchev–Trinajstić information content (AvgIpc) is 2.58. The summed E-state index contributed by atoms with van der Waals surface area (Å²) in [4.78, 5) is 23.7. The highest BCUT2D eigenvalue weighted by molar-refractivity contribution is 5.83. The minimum Gasteiger partial charge on any atom is -0.481 e. The van der Waals surface area contributed by atoms with Crippen molar-refractivity contribution in [2.75, 3.05) is 13.7 Å². The molecule has 1 amide bonds. The monoisotopic (exact) mass is 271 g/mol. The van der Waals surface area contributed by atoms with Gasteiger partial charge >= 0.3 is 5.97 Å². The molecule has 19 heavy (non-hydrogen) atoms. The molecule has 0 radical (unpaired) electrons. The molecule has 0 aromatic carbocycles. The van der Waals surface area contributed by atoms with Crippen LogP contribution in [-0.2, 0) is 14.3 Å². The van der Waals surface area contributed by atoms with E-state index in [0.717, 1.165) is 0 Å². The Morgan fingerprint density at radius 2 is 2.00 bits per heavy atom. The largest absolute Gasteiger partial charge is 0.481 e. The van der Waals surface area contributed by atoms with Crippen molar-refractivity contribution < 1.29 is 19.4 Å². The third-order valence-electron chi connectivity index (χ3n) is 4.98. The van der Waals surface area contributed by atoms with Crippen molar-refractivity contribution in [3.05, 3.63) is 0 Å². The van der Waals surface area contributed by atoms with Crippen LogP contribution in [0, 0.1) is 16.7 Å². The lowest BCUT2D eigenvalue weighted by Crippen LogP contribution is -2.46. The zero-order chi connectivity index (χ0) is 14.8. The van der Waals surface area contributed by atoms with Crippen LogP contribution in [0.3, 0.4) is 0 Å². The zero-order valence-electron chi connectivity index (χ0n) is 12.4. The Kier molecular flexibility index (Phi) is 4.61. The summed E-state index contributed by atoms with van der Waals surface area (Å²) in [6.07, 6.45) is 1.11. The molecular formula is C14H25NO4. The first-order chi connectivity index (χ1) is 8.66. The van der Waals surface area contributed by atoms with Gasteiger partial charge in [0.1, 0.15) is 0 Å². The molecule has 1 aliphatic rings. The normalized spacial score (nSPS) is 30.9. The number of carbonyl (C=O) groups excluding carboxylic acids is 1. The fourth-order valence-electron chi connectivity index (χ4n) is 2.79. The van der Waals surface area contributed by atoms with Gasteiger partial charge < -0.3 is 15.2 Å². The van der Waals surface area contributed by atoms with Gasteiger partial charge in [-0.05, 0) is 32.1 Å². The number of methoxy groups -OCH3 is 1. The molecule has 0 heterocycles. The first-order valence-corrected chi connectivity index (χ1v) is 6.70. The number of amides is 1. The number of rotatable bonds is 5. The standard InChI is InChI=1S/C14H25NO4/c1-9(19-5)8-15-11(16)10-6-7-14(4,12(17)18)13(10,2)3/h9-10H,6-8H2,1-5H3,(H,15,16)(H,17,18)/t9-,10+,14+/m1/s1. The fraction of sp³-hybridized carbons (Fsp3) is 0.857. The van der Waals surface area contributed by atoms with Gasteiger partial charge in [-0.15, -0.1) is 0 Å². The average molecular weight is 271 g/mol. The molecule has 1 saturated carbocycles. The molecule has 0 spiro atoms. The molecule has 3 atom stereocenters. The second kappa shape index (κ2) is 5.49. The van der Waals surface area contributed by atoms with Crippen LogP contribution in [0.5, 0.6) is 0 Å². The van der Waals surface area contributed by atoms with E-state index in [2.05, 4.69) is 5.32 Å². The Hall–Kier alpha value is -1.10. The maximum absolute atomic E-state index is 12.2. The van der Waals surface area contributed by atoms with Gasteiger partial charge in [0.05, 0.1) is 11.5 Å². The van der Waals surface area contributed by atoms with E-state index in [1.54, 1.807) is 14.0 Å². The van der Waals surface area contributed by atoms with Gasteiger partial charge in [-0.3, -0.25) is 9.59 Å². The molecule has 2 N–H and O–H groups in total. The highest BCUT2D eigenvalue weighted by Gasteiger charge is 2.58. The van der Waals surface area contributed by atoms with Gasteiger partial charge in [0.25, 0.3) is 0 Å². The summed E-state index contributed by atoms with van der Waals surface area (Å²) in [6, 6.07) is 0. The number of hydrogen-bond acceptors (Lipinski definition) is 3. The second-order valence-electron chi connectivity index (χ2n) is 6.24. The molecule has 0 aliphatic heterocycles. The highest BCUT2D eigenvalue weighted by Crippen LogP contribution is 2.56. The number of ether oxygens (including phenoxy) is 1. The summed E-state index contributed by atoms with van der Waals surface area (Å²) in [5, 5.41) is 12.3. The summed E-state index contributed by atoms with van der Waals surface area (Å²) >= 11 is 0. The fourth-order valence-corrected chi connectivity index (χ4v) is 2.79. The van der Waals surface area contributed by atoms with Crippen molar-refractivity contribution in [2.24, 2.45) is 16.7 Å². The predicted molar refractivity (Wildman–Crippen MR) is 71.7 cm³/mol. The van der Waals surface area contributed by atoms with Crippen LogP contribution in [0.25, 0.3) is 0 Å². The Labute approximate surface area is 114 Å². The number of carboxylic acids is 1. The molecule has 1 aliphatic carbocycles. The van der Waals surface area contributed by atoms with E-state index in [4.69, 9.17) is 4.74 Å². The molecule has 1 rings (SSSR count). The molecule has 0 unspecified atom stereocenters. The molecule has 0 saturated heterocycles. The van der Waals surface area contributed by atoms with E-state index in [9.17, 15) is 14.7 Å². The van der Waals surface area contributed by atoms with E-state index in [1.165, 1.54) is 0 Å². The maximum Gasteiger partial charge on any atom is 0.309 e. The van der Waals surface area contributed by atoms with Crippen LogP contribution in [0.4, 0.5) is 0 Å². The summed E-state index contributed by atoms with van der Waals surface area (Å²) in [7, 11) is 1.60. The first-order valence-electron chi connectivity index (χ1n) is 6.70. The topological polar surface area (TPSA) is 75.6 Å². The number of nitrogens with one attached hydrogen (secondary N) is 1. The zero-order valence-corrected chi connectivity index (χ0v) is 12.4. The van der Waals surface area contributed by atoms with Gasteiger partial charge in [0, 0.05) is 19.6 Å². The van der Waals surface area contributed by atoms with Crippen molar-refractivity contribution in [1.29, 1.82) is 0 Å². The molecular weight excluding hydrogens is 246 g/mol. The van der Waals surface area contributed by atoms with Crippen LogP contribution in [0.15, 0.2) is 0 Å². The molecule has 5 heteroatoms. The van der Waals surface area contributed by atoms with Crippen molar-refractivity contribution in [3.8, 4) is 0 Å². The van der Waals surface area contributed by atoms with Crippen molar-refractivity contribution in [3.63, 3.8) is 0 Å². The van der Waals surface area contributed by atoms with Gasteiger partial charge in [-0.2, -0.15) is 0 Å². The van der Waals surface area contributed by atoms with Gasteiger partial charge in [0.15, 0.2) is 0 Å². The van der Waals surface area contributed by atoms with E-state index in [0.29, 0.717) is 19.4 Å².